The first-order valence-electron chi connectivity index (χ1n) is 13.2. The SMILES string of the molecule is CCC(C)C(=Nc1ccc(-c2cccc(C(=O)N=[N+]=[N-])c2)nc1C)N1CCC(N2CCCCC2)CC1. The van der Waals surface area contributed by atoms with Gasteiger partial charge in [0.2, 0.25) is 5.91 Å². The van der Waals surface area contributed by atoms with Gasteiger partial charge < -0.3 is 9.80 Å². The van der Waals surface area contributed by atoms with Gasteiger partial charge in [-0.3, -0.25) is 9.78 Å². The molecule has 2 fully saturated rings. The van der Waals surface area contributed by atoms with Crippen molar-refractivity contribution in [3.05, 3.63) is 58.1 Å². The molecule has 8 heteroatoms. The summed E-state index contributed by atoms with van der Waals surface area (Å²) in [7, 11) is 0. The minimum absolute atomic E-state index is 0.346. The molecule has 2 aliphatic rings. The standard InChI is InChI=1S/C28H37N7O/c1-4-20(2)27(35-17-13-24(14-18-35)34-15-6-5-7-16-34)31-25-11-12-26(30-21(25)3)22-9-8-10-23(19-22)28(36)32-33-29/h8-12,19-20,24H,4-7,13-18H2,1-3H3. The van der Waals surface area contributed by atoms with Crippen LogP contribution in [0.25, 0.3) is 21.7 Å². The average molecular weight is 488 g/mol. The molecule has 1 unspecified atom stereocenters. The third-order valence-electron chi connectivity index (χ3n) is 7.58. The van der Waals surface area contributed by atoms with E-state index in [0.717, 1.165) is 48.0 Å². The van der Waals surface area contributed by atoms with Crippen LogP contribution in [-0.4, -0.2) is 58.7 Å². The van der Waals surface area contributed by atoms with E-state index in [1.807, 2.05) is 25.1 Å². The second-order valence-corrected chi connectivity index (χ2v) is 9.97. The zero-order valence-corrected chi connectivity index (χ0v) is 21.7. The van der Waals surface area contributed by atoms with Gasteiger partial charge in [-0.25, -0.2) is 4.99 Å². The Hall–Kier alpha value is -3.22. The number of pyridine rings is 1. The molecule has 1 atom stereocenters. The summed E-state index contributed by atoms with van der Waals surface area (Å²) in [6.07, 6.45) is 7.52. The molecule has 2 aromatic rings. The van der Waals surface area contributed by atoms with Crippen molar-refractivity contribution in [3.8, 4) is 11.3 Å². The quantitative estimate of drug-likeness (QED) is 0.152. The van der Waals surface area contributed by atoms with Crippen LogP contribution in [0.2, 0.25) is 0 Å². The van der Waals surface area contributed by atoms with Crippen molar-refractivity contribution in [1.29, 1.82) is 0 Å². The van der Waals surface area contributed by atoms with E-state index in [1.165, 1.54) is 45.2 Å². The number of hydrogen-bond acceptors (Lipinski definition) is 4. The van der Waals surface area contributed by atoms with Crippen molar-refractivity contribution in [2.24, 2.45) is 16.0 Å². The van der Waals surface area contributed by atoms with Gasteiger partial charge in [-0.15, -0.1) is 0 Å². The molecule has 1 aromatic carbocycles. The number of amides is 1. The maximum atomic E-state index is 12.0. The van der Waals surface area contributed by atoms with Crippen molar-refractivity contribution in [2.45, 2.75) is 65.3 Å². The number of aromatic nitrogens is 1. The van der Waals surface area contributed by atoms with Gasteiger partial charge in [-0.05, 0) is 81.0 Å². The topological polar surface area (TPSA) is 97.6 Å². The van der Waals surface area contributed by atoms with Gasteiger partial charge in [0.1, 0.15) is 5.84 Å². The predicted molar refractivity (Wildman–Crippen MR) is 144 cm³/mol. The fourth-order valence-corrected chi connectivity index (χ4v) is 5.28. The largest absolute Gasteiger partial charge is 0.360 e. The van der Waals surface area contributed by atoms with Crippen LogP contribution in [0, 0.1) is 12.8 Å². The molecule has 0 saturated carbocycles. The molecule has 36 heavy (non-hydrogen) atoms. The maximum absolute atomic E-state index is 12.0. The van der Waals surface area contributed by atoms with Crippen molar-refractivity contribution < 1.29 is 4.79 Å². The minimum atomic E-state index is -0.598. The number of aryl methyl sites for hydroxylation is 1. The van der Waals surface area contributed by atoms with Crippen LogP contribution in [0.5, 0.6) is 0 Å². The normalized spacial score (nSPS) is 18.5. The summed E-state index contributed by atoms with van der Waals surface area (Å²) in [6, 6.07) is 11.7. The van der Waals surface area contributed by atoms with E-state index < -0.39 is 5.91 Å². The summed E-state index contributed by atoms with van der Waals surface area (Å²) >= 11 is 0. The molecule has 1 amide bonds. The first kappa shape index (κ1) is 25.9. The molecular formula is C28H37N7O. The summed E-state index contributed by atoms with van der Waals surface area (Å²) in [4.78, 5) is 29.7. The van der Waals surface area contributed by atoms with Crippen LogP contribution in [0.1, 0.15) is 68.4 Å². The number of rotatable bonds is 6. The molecule has 0 bridgehead atoms. The fourth-order valence-electron chi connectivity index (χ4n) is 5.28. The number of piperidine rings is 2. The Morgan fingerprint density at radius 1 is 1.14 bits per heavy atom. The summed E-state index contributed by atoms with van der Waals surface area (Å²) < 4.78 is 0. The lowest BCUT2D eigenvalue weighted by Crippen LogP contribution is -2.49. The monoisotopic (exact) mass is 487 g/mol. The Balaban J connectivity index is 1.53. The number of carbonyl (C=O) groups is 1. The highest BCUT2D eigenvalue weighted by Crippen LogP contribution is 2.28. The molecule has 2 saturated heterocycles. The van der Waals surface area contributed by atoms with Crippen LogP contribution < -0.4 is 0 Å². The van der Waals surface area contributed by atoms with E-state index in [2.05, 4.69) is 33.7 Å². The Morgan fingerprint density at radius 2 is 1.89 bits per heavy atom. The average Bonchev–Trinajstić information content (AvgIpc) is 2.93. The lowest BCUT2D eigenvalue weighted by molar-refractivity contribution is 0.100. The molecule has 3 heterocycles. The van der Waals surface area contributed by atoms with Crippen LogP contribution in [0.3, 0.4) is 0 Å². The van der Waals surface area contributed by atoms with Crippen LogP contribution in [0.15, 0.2) is 46.5 Å². The zero-order chi connectivity index (χ0) is 25.5. The van der Waals surface area contributed by atoms with E-state index in [1.54, 1.807) is 18.2 Å². The summed E-state index contributed by atoms with van der Waals surface area (Å²) in [5, 5.41) is 3.19. The predicted octanol–water partition coefficient (Wildman–Crippen LogP) is 6.53. The second-order valence-electron chi connectivity index (χ2n) is 9.97. The summed E-state index contributed by atoms with van der Waals surface area (Å²) in [5.74, 6) is 0.938. The highest BCUT2D eigenvalue weighted by molar-refractivity contribution is 5.96. The number of likely N-dealkylation sites (tertiary alicyclic amines) is 2. The number of carbonyl (C=O) groups excluding carboxylic acids is 1. The highest BCUT2D eigenvalue weighted by Gasteiger charge is 2.28. The molecule has 2 aliphatic heterocycles. The van der Waals surface area contributed by atoms with Crippen LogP contribution in [0.4, 0.5) is 5.69 Å². The van der Waals surface area contributed by atoms with E-state index in [0.29, 0.717) is 17.5 Å². The Labute approximate surface area is 214 Å². The van der Waals surface area contributed by atoms with Gasteiger partial charge in [0.05, 0.1) is 17.1 Å². The Morgan fingerprint density at radius 3 is 2.56 bits per heavy atom. The number of hydrogen-bond donors (Lipinski definition) is 0. The molecule has 4 rings (SSSR count). The van der Waals surface area contributed by atoms with Crippen molar-refractivity contribution in [3.63, 3.8) is 0 Å². The third kappa shape index (κ3) is 6.12. The first-order chi connectivity index (χ1) is 17.5. The molecule has 8 nitrogen and oxygen atoms in total. The third-order valence-corrected chi connectivity index (χ3v) is 7.58. The minimum Gasteiger partial charge on any atom is -0.360 e. The summed E-state index contributed by atoms with van der Waals surface area (Å²) in [6.45, 7) is 11.1. The van der Waals surface area contributed by atoms with E-state index in [-0.39, 0.29) is 0 Å². The molecule has 190 valence electrons. The lowest BCUT2D eigenvalue weighted by Gasteiger charge is -2.42. The molecular weight excluding hydrogens is 450 g/mol. The van der Waals surface area contributed by atoms with Gasteiger partial charge in [0.15, 0.2) is 0 Å². The number of aliphatic imine (C=N–C) groups is 1. The fraction of sp³-hybridized carbons (Fsp3) is 0.536. The molecule has 0 aliphatic carbocycles. The number of azide groups is 1. The van der Waals surface area contributed by atoms with E-state index in [4.69, 9.17) is 15.5 Å². The smallest absolute Gasteiger partial charge is 0.249 e. The number of nitrogens with zero attached hydrogens (tertiary/aromatic N) is 7. The van der Waals surface area contributed by atoms with Gasteiger partial charge >= 0.3 is 0 Å². The molecule has 0 N–H and O–H groups in total. The van der Waals surface area contributed by atoms with Gasteiger partial charge in [0.25, 0.3) is 0 Å². The number of amidine groups is 1. The number of benzene rings is 1. The maximum Gasteiger partial charge on any atom is 0.249 e. The van der Waals surface area contributed by atoms with E-state index >= 15 is 0 Å². The molecule has 0 spiro atoms. The van der Waals surface area contributed by atoms with Crippen LogP contribution >= 0.6 is 0 Å². The van der Waals surface area contributed by atoms with Crippen molar-refractivity contribution in [2.75, 3.05) is 26.2 Å². The molecule has 1 aromatic heterocycles. The van der Waals surface area contributed by atoms with Crippen LogP contribution in [-0.2, 0) is 0 Å². The van der Waals surface area contributed by atoms with Gasteiger partial charge in [0, 0.05) is 41.1 Å². The van der Waals surface area contributed by atoms with Crippen molar-refractivity contribution in [1.82, 2.24) is 14.8 Å². The molecule has 0 radical (unpaired) electrons. The Kier molecular flexibility index (Phi) is 8.73. The van der Waals surface area contributed by atoms with Gasteiger partial charge in [-0.2, -0.15) is 0 Å². The second kappa shape index (κ2) is 12.2. The van der Waals surface area contributed by atoms with Gasteiger partial charge in [-0.1, -0.05) is 38.5 Å². The zero-order valence-electron chi connectivity index (χ0n) is 21.7. The highest BCUT2D eigenvalue weighted by atomic mass is 16.1. The lowest BCUT2D eigenvalue weighted by atomic mass is 9.98. The van der Waals surface area contributed by atoms with E-state index in [9.17, 15) is 4.79 Å². The van der Waals surface area contributed by atoms with Crippen molar-refractivity contribution >= 4 is 17.4 Å². The Bertz CT molecular complexity index is 1140. The summed E-state index contributed by atoms with van der Waals surface area (Å²) in [5.41, 5.74) is 12.2. The first-order valence-corrected chi connectivity index (χ1v) is 13.2.